The summed E-state index contributed by atoms with van der Waals surface area (Å²) < 4.78 is 0. The normalized spacial score (nSPS) is 10.6. The topological polar surface area (TPSA) is 111 Å². The number of aryl methyl sites for hydroxylation is 1. The van der Waals surface area contributed by atoms with E-state index >= 15 is 0 Å². The average molecular weight is 359 g/mol. The van der Waals surface area contributed by atoms with Crippen molar-refractivity contribution < 1.29 is 14.7 Å². The molecular weight excluding hydrogens is 344 g/mol. The van der Waals surface area contributed by atoms with Crippen LogP contribution in [0.4, 0.5) is 5.69 Å². The minimum atomic E-state index is -0.991. The van der Waals surface area contributed by atoms with Gasteiger partial charge in [-0.25, -0.2) is 9.78 Å². The van der Waals surface area contributed by atoms with Crippen molar-refractivity contribution in [3.05, 3.63) is 58.8 Å². The Labute approximate surface area is 148 Å². The summed E-state index contributed by atoms with van der Waals surface area (Å²) >= 11 is 5.94. The maximum Gasteiger partial charge on any atom is 0.337 e. The number of amides is 1. The first-order chi connectivity index (χ1) is 12.0. The lowest BCUT2D eigenvalue weighted by Gasteiger charge is -2.04. The third kappa shape index (κ3) is 3.56. The number of carboxylic acid groups (broad SMARTS) is 1. The highest BCUT2D eigenvalue weighted by atomic mass is 35.5. The van der Waals surface area contributed by atoms with E-state index in [2.05, 4.69) is 20.3 Å². The van der Waals surface area contributed by atoms with Crippen molar-refractivity contribution in [1.82, 2.24) is 15.0 Å². The van der Waals surface area contributed by atoms with E-state index in [0.717, 1.165) is 5.56 Å². The summed E-state index contributed by atoms with van der Waals surface area (Å²) in [6, 6.07) is 8.55. The van der Waals surface area contributed by atoms with Crippen LogP contribution in [0, 0.1) is 0 Å². The summed E-state index contributed by atoms with van der Waals surface area (Å²) in [5.41, 5.74) is 2.97. The number of imidazole rings is 1. The number of anilines is 1. The van der Waals surface area contributed by atoms with Gasteiger partial charge in [0.25, 0.3) is 5.91 Å². The number of H-pyrrole nitrogens is 2. The zero-order chi connectivity index (χ0) is 18.0. The van der Waals surface area contributed by atoms with E-state index in [1.54, 1.807) is 30.3 Å². The molecular formula is C17H15ClN4O3. The number of aromatic nitrogens is 3. The quantitative estimate of drug-likeness (QED) is 0.558. The second-order valence-electron chi connectivity index (χ2n) is 5.35. The third-order valence-electron chi connectivity index (χ3n) is 3.68. The van der Waals surface area contributed by atoms with Gasteiger partial charge < -0.3 is 20.4 Å². The van der Waals surface area contributed by atoms with Crippen molar-refractivity contribution in [3.8, 4) is 11.3 Å². The van der Waals surface area contributed by atoms with Gasteiger partial charge in [-0.3, -0.25) is 4.79 Å². The summed E-state index contributed by atoms with van der Waals surface area (Å²) in [4.78, 5) is 32.9. The standard InChI is InChI=1S/C17H15ClN4O3/c1-2-12-14(18)22-15(21-12)16(23)20-11-5-3-9(4-6-11)13-7-10(8-19-13)17(24)25/h3-8,19H,2H2,1H3,(H,20,23)(H,21,22)(H,24,25). The van der Waals surface area contributed by atoms with Gasteiger partial charge in [-0.05, 0) is 30.2 Å². The molecule has 25 heavy (non-hydrogen) atoms. The number of carbonyl (C=O) groups excluding carboxylic acids is 1. The van der Waals surface area contributed by atoms with Crippen molar-refractivity contribution in [1.29, 1.82) is 0 Å². The highest BCUT2D eigenvalue weighted by Crippen LogP contribution is 2.22. The first kappa shape index (κ1) is 16.8. The van der Waals surface area contributed by atoms with Crippen LogP contribution in [0.25, 0.3) is 11.3 Å². The molecule has 0 aliphatic heterocycles. The molecule has 2 heterocycles. The van der Waals surface area contributed by atoms with Gasteiger partial charge in [0.05, 0.1) is 11.3 Å². The Bertz CT molecular complexity index is 928. The molecule has 2 aromatic heterocycles. The number of nitrogens with zero attached hydrogens (tertiary/aromatic N) is 1. The fourth-order valence-corrected chi connectivity index (χ4v) is 2.60. The molecule has 0 aliphatic rings. The molecule has 7 nitrogen and oxygen atoms in total. The molecule has 0 spiro atoms. The Morgan fingerprint density at radius 2 is 2.00 bits per heavy atom. The molecule has 0 bridgehead atoms. The summed E-state index contributed by atoms with van der Waals surface area (Å²) in [5, 5.41) is 12.0. The lowest BCUT2D eigenvalue weighted by molar-refractivity contribution is 0.0697. The Balaban J connectivity index is 1.73. The van der Waals surface area contributed by atoms with Gasteiger partial charge in [-0.2, -0.15) is 0 Å². The van der Waals surface area contributed by atoms with Crippen LogP contribution in [0.15, 0.2) is 36.5 Å². The molecule has 0 aliphatic carbocycles. The minimum absolute atomic E-state index is 0.154. The van der Waals surface area contributed by atoms with E-state index in [1.807, 2.05) is 6.92 Å². The first-order valence-corrected chi connectivity index (χ1v) is 7.93. The third-order valence-corrected chi connectivity index (χ3v) is 3.99. The second-order valence-corrected chi connectivity index (χ2v) is 5.70. The van der Waals surface area contributed by atoms with Crippen molar-refractivity contribution >= 4 is 29.2 Å². The van der Waals surface area contributed by atoms with E-state index in [9.17, 15) is 9.59 Å². The minimum Gasteiger partial charge on any atom is -0.478 e. The fourth-order valence-electron chi connectivity index (χ4n) is 2.34. The van der Waals surface area contributed by atoms with Crippen LogP contribution in [-0.2, 0) is 6.42 Å². The Morgan fingerprint density at radius 3 is 2.56 bits per heavy atom. The monoisotopic (exact) mass is 358 g/mol. The van der Waals surface area contributed by atoms with E-state index < -0.39 is 5.97 Å². The molecule has 0 radical (unpaired) electrons. The van der Waals surface area contributed by atoms with Gasteiger partial charge in [0.15, 0.2) is 11.0 Å². The molecule has 0 atom stereocenters. The summed E-state index contributed by atoms with van der Waals surface area (Å²) in [5.74, 6) is -1.22. The van der Waals surface area contributed by atoms with Crippen molar-refractivity contribution in [3.63, 3.8) is 0 Å². The van der Waals surface area contributed by atoms with E-state index in [-0.39, 0.29) is 17.3 Å². The molecule has 8 heteroatoms. The van der Waals surface area contributed by atoms with Gasteiger partial charge in [0.2, 0.25) is 0 Å². The lowest BCUT2D eigenvalue weighted by Crippen LogP contribution is -2.13. The number of hydrogen-bond donors (Lipinski definition) is 4. The van der Waals surface area contributed by atoms with Crippen molar-refractivity contribution in [2.45, 2.75) is 13.3 Å². The Hall–Kier alpha value is -3.06. The van der Waals surface area contributed by atoms with Gasteiger partial charge in [0.1, 0.15) is 0 Å². The summed E-state index contributed by atoms with van der Waals surface area (Å²) in [6.07, 6.45) is 2.08. The number of carboxylic acids is 1. The van der Waals surface area contributed by atoms with Gasteiger partial charge in [-0.15, -0.1) is 0 Å². The van der Waals surface area contributed by atoms with E-state index in [0.29, 0.717) is 28.6 Å². The smallest absolute Gasteiger partial charge is 0.337 e. The molecule has 1 aromatic carbocycles. The molecule has 4 N–H and O–H groups in total. The number of nitrogens with one attached hydrogen (secondary N) is 3. The predicted octanol–water partition coefficient (Wildman–Crippen LogP) is 3.57. The maximum atomic E-state index is 12.2. The second kappa shape index (κ2) is 6.82. The average Bonchev–Trinajstić information content (AvgIpc) is 3.22. The summed E-state index contributed by atoms with van der Waals surface area (Å²) in [7, 11) is 0. The number of carbonyl (C=O) groups is 2. The lowest BCUT2D eigenvalue weighted by atomic mass is 10.1. The van der Waals surface area contributed by atoms with Gasteiger partial charge in [0, 0.05) is 17.6 Å². The number of aromatic amines is 2. The number of aromatic carboxylic acids is 1. The highest BCUT2D eigenvalue weighted by Gasteiger charge is 2.14. The van der Waals surface area contributed by atoms with Crippen LogP contribution in [0.1, 0.15) is 33.6 Å². The first-order valence-electron chi connectivity index (χ1n) is 7.55. The van der Waals surface area contributed by atoms with E-state index in [1.165, 1.54) is 6.20 Å². The maximum absolute atomic E-state index is 12.2. The number of rotatable bonds is 5. The number of halogens is 1. The van der Waals surface area contributed by atoms with Gasteiger partial charge >= 0.3 is 5.97 Å². The molecule has 0 fully saturated rings. The van der Waals surface area contributed by atoms with Crippen LogP contribution in [0.5, 0.6) is 0 Å². The van der Waals surface area contributed by atoms with Crippen LogP contribution >= 0.6 is 11.6 Å². The molecule has 128 valence electrons. The number of hydrogen-bond acceptors (Lipinski definition) is 3. The van der Waals surface area contributed by atoms with Crippen molar-refractivity contribution in [2.24, 2.45) is 0 Å². The predicted molar refractivity (Wildman–Crippen MR) is 94.1 cm³/mol. The molecule has 0 unspecified atom stereocenters. The molecule has 0 saturated heterocycles. The van der Waals surface area contributed by atoms with Crippen LogP contribution < -0.4 is 5.32 Å². The Morgan fingerprint density at radius 1 is 1.28 bits per heavy atom. The largest absolute Gasteiger partial charge is 0.478 e. The van der Waals surface area contributed by atoms with Crippen LogP contribution in [0.3, 0.4) is 0 Å². The van der Waals surface area contributed by atoms with Crippen LogP contribution in [0.2, 0.25) is 5.15 Å². The zero-order valence-corrected chi connectivity index (χ0v) is 14.0. The van der Waals surface area contributed by atoms with E-state index in [4.69, 9.17) is 16.7 Å². The molecule has 1 amide bonds. The molecule has 0 saturated carbocycles. The molecule has 3 aromatic rings. The summed E-state index contributed by atoms with van der Waals surface area (Å²) in [6.45, 7) is 1.91. The number of benzene rings is 1. The Kier molecular flexibility index (Phi) is 4.58. The zero-order valence-electron chi connectivity index (χ0n) is 13.3. The fraction of sp³-hybridized carbons (Fsp3) is 0.118. The SMILES string of the molecule is CCc1[nH]c(C(=O)Nc2ccc(-c3cc(C(=O)O)c[nH]3)cc2)nc1Cl. The highest BCUT2D eigenvalue weighted by molar-refractivity contribution is 6.30. The van der Waals surface area contributed by atoms with Gasteiger partial charge in [-0.1, -0.05) is 30.7 Å². The van der Waals surface area contributed by atoms with Crippen LogP contribution in [-0.4, -0.2) is 31.9 Å². The van der Waals surface area contributed by atoms with Crippen molar-refractivity contribution in [2.75, 3.05) is 5.32 Å². The molecule has 3 rings (SSSR count).